The number of rotatable bonds is 3. The van der Waals surface area contributed by atoms with Crippen molar-refractivity contribution in [2.75, 3.05) is 0 Å². The number of carboxylic acid groups (broad SMARTS) is 1. The van der Waals surface area contributed by atoms with E-state index in [2.05, 4.69) is 4.98 Å². The van der Waals surface area contributed by atoms with Crippen LogP contribution in [0.5, 0.6) is 11.5 Å². The number of hydrogen-bond donors (Lipinski definition) is 1. The Labute approximate surface area is 107 Å². The van der Waals surface area contributed by atoms with Crippen molar-refractivity contribution in [2.45, 2.75) is 0 Å². The van der Waals surface area contributed by atoms with Crippen molar-refractivity contribution >= 4 is 5.97 Å². The van der Waals surface area contributed by atoms with Crippen LogP contribution in [0, 0.1) is 17.1 Å². The highest BCUT2D eigenvalue weighted by molar-refractivity contribution is 5.91. The number of hydrogen-bond acceptors (Lipinski definition) is 4. The van der Waals surface area contributed by atoms with Gasteiger partial charge in [0, 0.05) is 12.3 Å². The molecular weight excluding hydrogens is 251 g/mol. The highest BCUT2D eigenvalue weighted by atomic mass is 19.1. The first-order chi connectivity index (χ1) is 9.11. The van der Waals surface area contributed by atoms with E-state index in [0.717, 1.165) is 18.2 Å². The molecule has 0 bridgehead atoms. The van der Waals surface area contributed by atoms with Gasteiger partial charge in [0.2, 0.25) is 0 Å². The Hall–Kier alpha value is -2.94. The standard InChI is InChI=1S/C13H7FN2O3/c14-8-3-4-9(13(17)18)12(6-8)19-11-2-1-5-16-10(11)7-15/h1-6H,(H,17,18). The summed E-state index contributed by atoms with van der Waals surface area (Å²) >= 11 is 0. The van der Waals surface area contributed by atoms with Gasteiger partial charge in [-0.15, -0.1) is 0 Å². The van der Waals surface area contributed by atoms with Crippen LogP contribution in [0.3, 0.4) is 0 Å². The molecule has 19 heavy (non-hydrogen) atoms. The van der Waals surface area contributed by atoms with Crippen LogP contribution in [0.2, 0.25) is 0 Å². The van der Waals surface area contributed by atoms with Crippen molar-refractivity contribution in [3.05, 3.63) is 53.6 Å². The normalized spacial score (nSPS) is 9.68. The Morgan fingerprint density at radius 1 is 1.37 bits per heavy atom. The summed E-state index contributed by atoms with van der Waals surface area (Å²) in [6.45, 7) is 0. The average molecular weight is 258 g/mol. The van der Waals surface area contributed by atoms with Crippen LogP contribution in [0.1, 0.15) is 16.1 Å². The van der Waals surface area contributed by atoms with Gasteiger partial charge in [-0.1, -0.05) is 0 Å². The monoisotopic (exact) mass is 258 g/mol. The van der Waals surface area contributed by atoms with Gasteiger partial charge in [0.25, 0.3) is 0 Å². The van der Waals surface area contributed by atoms with Crippen molar-refractivity contribution in [1.82, 2.24) is 4.98 Å². The number of aromatic nitrogens is 1. The van der Waals surface area contributed by atoms with Crippen molar-refractivity contribution in [3.63, 3.8) is 0 Å². The summed E-state index contributed by atoms with van der Waals surface area (Å²) in [6.07, 6.45) is 1.40. The molecule has 6 heteroatoms. The number of benzene rings is 1. The maximum Gasteiger partial charge on any atom is 0.339 e. The molecule has 0 atom stereocenters. The average Bonchev–Trinajstić information content (AvgIpc) is 2.39. The zero-order valence-electron chi connectivity index (χ0n) is 9.50. The molecule has 0 saturated carbocycles. The molecule has 0 radical (unpaired) electrons. The topological polar surface area (TPSA) is 83.2 Å². The SMILES string of the molecule is N#Cc1ncccc1Oc1cc(F)ccc1C(=O)O. The number of carbonyl (C=O) groups is 1. The van der Waals surface area contributed by atoms with E-state index in [0.29, 0.717) is 0 Å². The lowest BCUT2D eigenvalue weighted by atomic mass is 10.2. The van der Waals surface area contributed by atoms with Gasteiger partial charge in [-0.2, -0.15) is 5.26 Å². The first kappa shape index (κ1) is 12.5. The quantitative estimate of drug-likeness (QED) is 0.914. The Morgan fingerprint density at radius 2 is 2.16 bits per heavy atom. The van der Waals surface area contributed by atoms with Gasteiger partial charge in [-0.25, -0.2) is 14.2 Å². The van der Waals surface area contributed by atoms with Crippen LogP contribution in [0.25, 0.3) is 0 Å². The van der Waals surface area contributed by atoms with Gasteiger partial charge in [0.1, 0.15) is 23.2 Å². The summed E-state index contributed by atoms with van der Waals surface area (Å²) < 4.78 is 18.4. The smallest absolute Gasteiger partial charge is 0.339 e. The number of halogens is 1. The predicted octanol–water partition coefficient (Wildman–Crippen LogP) is 2.58. The molecular formula is C13H7FN2O3. The highest BCUT2D eigenvalue weighted by Gasteiger charge is 2.14. The fourth-order valence-electron chi connectivity index (χ4n) is 1.43. The summed E-state index contributed by atoms with van der Waals surface area (Å²) in [6, 6.07) is 7.83. The predicted molar refractivity (Wildman–Crippen MR) is 62.4 cm³/mol. The third kappa shape index (κ3) is 2.66. The van der Waals surface area contributed by atoms with Crippen LogP contribution in [-0.4, -0.2) is 16.1 Å². The number of aromatic carboxylic acids is 1. The minimum Gasteiger partial charge on any atom is -0.478 e. The molecule has 1 heterocycles. The number of nitrogens with zero attached hydrogens (tertiary/aromatic N) is 2. The molecule has 0 fully saturated rings. The molecule has 2 rings (SSSR count). The number of ether oxygens (including phenoxy) is 1. The van der Waals surface area contributed by atoms with Crippen LogP contribution in [0.15, 0.2) is 36.5 Å². The third-order valence-electron chi connectivity index (χ3n) is 2.27. The Kier molecular flexibility index (Phi) is 3.39. The fraction of sp³-hybridized carbons (Fsp3) is 0. The first-order valence-corrected chi connectivity index (χ1v) is 5.17. The Morgan fingerprint density at radius 3 is 2.84 bits per heavy atom. The second-order valence-corrected chi connectivity index (χ2v) is 3.51. The molecule has 0 saturated heterocycles. The zero-order chi connectivity index (χ0) is 13.8. The second kappa shape index (κ2) is 5.14. The van der Waals surface area contributed by atoms with E-state index in [1.807, 2.05) is 0 Å². The third-order valence-corrected chi connectivity index (χ3v) is 2.27. The number of pyridine rings is 1. The van der Waals surface area contributed by atoms with Crippen molar-refractivity contribution < 1.29 is 19.0 Å². The molecule has 1 aromatic carbocycles. The lowest BCUT2D eigenvalue weighted by molar-refractivity contribution is 0.0694. The van der Waals surface area contributed by atoms with E-state index < -0.39 is 11.8 Å². The maximum absolute atomic E-state index is 13.1. The minimum absolute atomic E-state index is 0.0110. The maximum atomic E-state index is 13.1. The van der Waals surface area contributed by atoms with Crippen molar-refractivity contribution in [2.24, 2.45) is 0 Å². The molecule has 0 aliphatic carbocycles. The molecule has 0 aliphatic heterocycles. The molecule has 94 valence electrons. The fourth-order valence-corrected chi connectivity index (χ4v) is 1.43. The molecule has 2 aromatic rings. The van der Waals surface area contributed by atoms with Gasteiger partial charge in [-0.3, -0.25) is 0 Å². The van der Waals surface area contributed by atoms with Crippen LogP contribution >= 0.6 is 0 Å². The van der Waals surface area contributed by atoms with E-state index in [4.69, 9.17) is 15.1 Å². The summed E-state index contributed by atoms with van der Waals surface area (Å²) in [7, 11) is 0. The second-order valence-electron chi connectivity index (χ2n) is 3.51. The minimum atomic E-state index is -1.25. The molecule has 0 unspecified atom stereocenters. The lowest BCUT2D eigenvalue weighted by Gasteiger charge is -2.09. The van der Waals surface area contributed by atoms with Gasteiger partial charge in [-0.05, 0) is 24.3 Å². The van der Waals surface area contributed by atoms with Gasteiger partial charge in [0.15, 0.2) is 11.4 Å². The summed E-state index contributed by atoms with van der Waals surface area (Å²) in [4.78, 5) is 14.8. The Bertz CT molecular complexity index is 680. The molecule has 1 N–H and O–H groups in total. The van der Waals surface area contributed by atoms with Gasteiger partial charge in [0.05, 0.1) is 0 Å². The van der Waals surface area contributed by atoms with Gasteiger partial charge >= 0.3 is 5.97 Å². The van der Waals surface area contributed by atoms with Crippen LogP contribution in [0.4, 0.5) is 4.39 Å². The largest absolute Gasteiger partial charge is 0.478 e. The molecule has 0 spiro atoms. The van der Waals surface area contributed by atoms with E-state index in [9.17, 15) is 9.18 Å². The van der Waals surface area contributed by atoms with E-state index >= 15 is 0 Å². The highest BCUT2D eigenvalue weighted by Crippen LogP contribution is 2.27. The Balaban J connectivity index is 2.46. The zero-order valence-corrected chi connectivity index (χ0v) is 9.50. The van der Waals surface area contributed by atoms with Crippen molar-refractivity contribution in [3.8, 4) is 17.6 Å². The molecule has 0 aliphatic rings. The summed E-state index contributed by atoms with van der Waals surface area (Å²) in [5.41, 5.74) is -0.211. The number of nitriles is 1. The van der Waals surface area contributed by atoms with E-state index in [1.54, 1.807) is 6.07 Å². The van der Waals surface area contributed by atoms with Crippen molar-refractivity contribution in [1.29, 1.82) is 5.26 Å². The molecule has 1 aromatic heterocycles. The van der Waals surface area contributed by atoms with Crippen LogP contribution < -0.4 is 4.74 Å². The van der Waals surface area contributed by atoms with E-state index in [1.165, 1.54) is 18.3 Å². The van der Waals surface area contributed by atoms with E-state index in [-0.39, 0.29) is 22.8 Å². The van der Waals surface area contributed by atoms with Gasteiger partial charge < -0.3 is 9.84 Å². The van der Waals surface area contributed by atoms with Crippen LogP contribution in [-0.2, 0) is 0 Å². The molecule has 5 nitrogen and oxygen atoms in total. The summed E-state index contributed by atoms with van der Waals surface area (Å²) in [5.74, 6) is -2.00. The summed E-state index contributed by atoms with van der Waals surface area (Å²) in [5, 5.41) is 17.8. The molecule has 0 amide bonds. The first-order valence-electron chi connectivity index (χ1n) is 5.17. The lowest BCUT2D eigenvalue weighted by Crippen LogP contribution is -2.01. The number of carboxylic acids is 1.